The lowest BCUT2D eigenvalue weighted by atomic mass is 10.0. The first-order valence-corrected chi connectivity index (χ1v) is 10.8. The molecule has 150 valence electrons. The van der Waals surface area contributed by atoms with E-state index in [0.717, 1.165) is 21.7 Å². The maximum atomic E-state index is 12.8. The minimum atomic E-state index is -3.71. The summed E-state index contributed by atoms with van der Waals surface area (Å²) in [5.74, 6) is -0.0832. The molecule has 3 aromatic carbocycles. The Bertz CT molecular complexity index is 1100. The first kappa shape index (κ1) is 20.4. The molecule has 0 aliphatic heterocycles. The van der Waals surface area contributed by atoms with Gasteiger partial charge in [0.25, 0.3) is 0 Å². The SMILES string of the molecule is COc1ccccc1N(CC(=O)Nc1ccccc1-c1ccccc1)S(C)(=O)=O. The predicted octanol–water partition coefficient (Wildman–Crippen LogP) is 3.77. The second-order valence-electron chi connectivity index (χ2n) is 6.40. The fourth-order valence-electron chi connectivity index (χ4n) is 3.00. The minimum Gasteiger partial charge on any atom is -0.495 e. The zero-order valence-corrected chi connectivity index (χ0v) is 17.0. The van der Waals surface area contributed by atoms with E-state index in [4.69, 9.17) is 4.74 Å². The van der Waals surface area contributed by atoms with Crippen molar-refractivity contribution in [3.63, 3.8) is 0 Å². The summed E-state index contributed by atoms with van der Waals surface area (Å²) >= 11 is 0. The van der Waals surface area contributed by atoms with Gasteiger partial charge < -0.3 is 10.1 Å². The zero-order valence-electron chi connectivity index (χ0n) is 16.2. The molecule has 0 aliphatic carbocycles. The molecule has 1 amide bonds. The molecule has 6 nitrogen and oxygen atoms in total. The van der Waals surface area contributed by atoms with Crippen LogP contribution < -0.4 is 14.4 Å². The molecule has 0 saturated carbocycles. The highest BCUT2D eigenvalue weighted by atomic mass is 32.2. The highest BCUT2D eigenvalue weighted by Crippen LogP contribution is 2.30. The summed E-state index contributed by atoms with van der Waals surface area (Å²) in [5, 5.41) is 2.83. The number of anilines is 2. The number of methoxy groups -OCH3 is 1. The topological polar surface area (TPSA) is 75.7 Å². The Kier molecular flexibility index (Phi) is 6.19. The van der Waals surface area contributed by atoms with Gasteiger partial charge in [0.05, 0.1) is 19.1 Å². The number of hydrogen-bond acceptors (Lipinski definition) is 4. The van der Waals surface area contributed by atoms with Gasteiger partial charge in [0.2, 0.25) is 15.9 Å². The monoisotopic (exact) mass is 410 g/mol. The Balaban J connectivity index is 1.88. The zero-order chi connectivity index (χ0) is 20.9. The number of carbonyl (C=O) groups excluding carboxylic acids is 1. The summed E-state index contributed by atoms with van der Waals surface area (Å²) in [5.41, 5.74) is 2.72. The average Bonchev–Trinajstić information content (AvgIpc) is 2.72. The number of carbonyl (C=O) groups is 1. The molecule has 0 heterocycles. The third-order valence-corrected chi connectivity index (χ3v) is 5.45. The Morgan fingerprint density at radius 3 is 2.24 bits per heavy atom. The van der Waals surface area contributed by atoms with Crippen LogP contribution in [0.2, 0.25) is 0 Å². The Morgan fingerprint density at radius 1 is 0.931 bits per heavy atom. The van der Waals surface area contributed by atoms with Crippen LogP contribution >= 0.6 is 0 Å². The number of hydrogen-bond donors (Lipinski definition) is 1. The van der Waals surface area contributed by atoms with Gasteiger partial charge in [-0.05, 0) is 23.8 Å². The quantitative estimate of drug-likeness (QED) is 0.643. The van der Waals surface area contributed by atoms with Gasteiger partial charge in [0.1, 0.15) is 12.3 Å². The van der Waals surface area contributed by atoms with Crippen molar-refractivity contribution in [1.29, 1.82) is 0 Å². The van der Waals surface area contributed by atoms with E-state index >= 15 is 0 Å². The van der Waals surface area contributed by atoms with Crippen molar-refractivity contribution in [3.05, 3.63) is 78.9 Å². The molecule has 0 radical (unpaired) electrons. The second-order valence-corrected chi connectivity index (χ2v) is 8.31. The normalized spacial score (nSPS) is 11.0. The van der Waals surface area contributed by atoms with Crippen molar-refractivity contribution in [2.75, 3.05) is 29.5 Å². The average molecular weight is 410 g/mol. The number of nitrogens with one attached hydrogen (secondary N) is 1. The number of ether oxygens (including phenoxy) is 1. The van der Waals surface area contributed by atoms with E-state index in [1.807, 2.05) is 48.5 Å². The van der Waals surface area contributed by atoms with Gasteiger partial charge in [-0.25, -0.2) is 8.42 Å². The molecule has 0 fully saturated rings. The van der Waals surface area contributed by atoms with E-state index in [1.54, 1.807) is 30.3 Å². The van der Waals surface area contributed by atoms with Crippen LogP contribution in [0.15, 0.2) is 78.9 Å². The van der Waals surface area contributed by atoms with Crippen LogP contribution in [-0.4, -0.2) is 34.2 Å². The van der Waals surface area contributed by atoms with Gasteiger partial charge in [0, 0.05) is 11.3 Å². The van der Waals surface area contributed by atoms with Crippen molar-refractivity contribution in [1.82, 2.24) is 0 Å². The fourth-order valence-corrected chi connectivity index (χ4v) is 3.86. The van der Waals surface area contributed by atoms with Crippen LogP contribution in [0.4, 0.5) is 11.4 Å². The first-order valence-electron chi connectivity index (χ1n) is 8.95. The van der Waals surface area contributed by atoms with E-state index in [-0.39, 0.29) is 6.54 Å². The number of para-hydroxylation sites is 3. The maximum Gasteiger partial charge on any atom is 0.245 e. The molecule has 7 heteroatoms. The van der Waals surface area contributed by atoms with Gasteiger partial charge in [-0.1, -0.05) is 60.7 Å². The Hall–Kier alpha value is -3.32. The summed E-state index contributed by atoms with van der Waals surface area (Å²) < 4.78 is 31.0. The van der Waals surface area contributed by atoms with E-state index in [2.05, 4.69) is 5.32 Å². The number of rotatable bonds is 7. The molecule has 1 N–H and O–H groups in total. The van der Waals surface area contributed by atoms with Crippen molar-refractivity contribution < 1.29 is 17.9 Å². The summed E-state index contributed by atoms with van der Waals surface area (Å²) in [6.45, 7) is -0.373. The summed E-state index contributed by atoms with van der Waals surface area (Å²) in [6, 6.07) is 23.7. The lowest BCUT2D eigenvalue weighted by molar-refractivity contribution is -0.114. The number of amides is 1. The lowest BCUT2D eigenvalue weighted by Gasteiger charge is -2.24. The second kappa shape index (κ2) is 8.79. The largest absolute Gasteiger partial charge is 0.495 e. The van der Waals surface area contributed by atoms with Crippen LogP contribution in [0.1, 0.15) is 0 Å². The molecule has 0 aromatic heterocycles. The standard InChI is InChI=1S/C22H22N2O4S/c1-28-21-15-9-8-14-20(21)24(29(2,26)27)16-22(25)23-19-13-7-6-12-18(19)17-10-4-3-5-11-17/h3-15H,16H2,1-2H3,(H,23,25). The third-order valence-electron chi connectivity index (χ3n) is 4.33. The van der Waals surface area contributed by atoms with Gasteiger partial charge in [-0.3, -0.25) is 9.10 Å². The van der Waals surface area contributed by atoms with Crippen LogP contribution in [0, 0.1) is 0 Å². The smallest absolute Gasteiger partial charge is 0.245 e. The summed E-state index contributed by atoms with van der Waals surface area (Å²) in [6.07, 6.45) is 1.06. The molecule has 0 spiro atoms. The van der Waals surface area contributed by atoms with Crippen LogP contribution in [0.25, 0.3) is 11.1 Å². The fraction of sp³-hybridized carbons (Fsp3) is 0.136. The van der Waals surface area contributed by atoms with Gasteiger partial charge in [0.15, 0.2) is 0 Å². The minimum absolute atomic E-state index is 0.309. The molecule has 29 heavy (non-hydrogen) atoms. The molecule has 3 rings (SSSR count). The van der Waals surface area contributed by atoms with Crippen LogP contribution in [-0.2, 0) is 14.8 Å². The molecule has 0 aliphatic rings. The first-order chi connectivity index (χ1) is 13.9. The van der Waals surface area contributed by atoms with E-state index in [1.165, 1.54) is 7.11 Å². The summed E-state index contributed by atoms with van der Waals surface area (Å²) in [4.78, 5) is 12.8. The van der Waals surface area contributed by atoms with E-state index in [9.17, 15) is 13.2 Å². The van der Waals surface area contributed by atoms with Crippen molar-refractivity contribution in [2.45, 2.75) is 0 Å². The van der Waals surface area contributed by atoms with Gasteiger partial charge in [-0.2, -0.15) is 0 Å². The Morgan fingerprint density at radius 2 is 1.55 bits per heavy atom. The molecule has 0 unspecified atom stereocenters. The van der Waals surface area contributed by atoms with Crippen LogP contribution in [0.3, 0.4) is 0 Å². The molecule has 3 aromatic rings. The highest BCUT2D eigenvalue weighted by Gasteiger charge is 2.24. The highest BCUT2D eigenvalue weighted by molar-refractivity contribution is 7.92. The van der Waals surface area contributed by atoms with Gasteiger partial charge >= 0.3 is 0 Å². The molecule has 0 saturated heterocycles. The lowest BCUT2D eigenvalue weighted by Crippen LogP contribution is -2.37. The van der Waals surface area contributed by atoms with Crippen molar-refractivity contribution in [2.24, 2.45) is 0 Å². The van der Waals surface area contributed by atoms with Crippen molar-refractivity contribution in [3.8, 4) is 16.9 Å². The van der Waals surface area contributed by atoms with Crippen molar-refractivity contribution >= 4 is 27.3 Å². The molecule has 0 atom stereocenters. The summed E-state index contributed by atoms with van der Waals surface area (Å²) in [7, 11) is -2.25. The van der Waals surface area contributed by atoms with Gasteiger partial charge in [-0.15, -0.1) is 0 Å². The molecular weight excluding hydrogens is 388 g/mol. The van der Waals surface area contributed by atoms with E-state index < -0.39 is 15.9 Å². The predicted molar refractivity (Wildman–Crippen MR) is 116 cm³/mol. The number of benzene rings is 3. The number of nitrogens with zero attached hydrogens (tertiary/aromatic N) is 1. The molecule has 0 bridgehead atoms. The Labute approximate surface area is 170 Å². The van der Waals surface area contributed by atoms with E-state index in [0.29, 0.717) is 17.1 Å². The number of sulfonamides is 1. The third kappa shape index (κ3) is 4.94. The molecular formula is C22H22N2O4S. The maximum absolute atomic E-state index is 12.8. The van der Waals surface area contributed by atoms with Crippen LogP contribution in [0.5, 0.6) is 5.75 Å².